The second kappa shape index (κ2) is 6.27. The van der Waals surface area contributed by atoms with Crippen molar-refractivity contribution < 1.29 is 18.7 Å². The van der Waals surface area contributed by atoms with Crippen LogP contribution in [0.4, 0.5) is 10.1 Å². The van der Waals surface area contributed by atoms with Crippen LogP contribution >= 0.6 is 0 Å². The first-order valence-electron chi connectivity index (χ1n) is 7.46. The van der Waals surface area contributed by atoms with Gasteiger partial charge in [-0.2, -0.15) is 0 Å². The van der Waals surface area contributed by atoms with Gasteiger partial charge in [-0.05, 0) is 31.2 Å². The third kappa shape index (κ3) is 2.92. The number of fused-ring (bicyclic) bond motifs is 1. The number of amides is 1. The van der Waals surface area contributed by atoms with Crippen molar-refractivity contribution in [3.05, 3.63) is 58.3 Å². The van der Waals surface area contributed by atoms with Crippen LogP contribution in [0.15, 0.2) is 41.3 Å². The number of likely N-dealkylation sites (N-methyl/N-ethyl adjacent to an activating group) is 1. The topological polar surface area (TPSA) is 68.6 Å². The predicted molar refractivity (Wildman–Crippen MR) is 85.0 cm³/mol. The first-order chi connectivity index (χ1) is 11.5. The Morgan fingerprint density at radius 3 is 2.79 bits per heavy atom. The highest BCUT2D eigenvalue weighted by atomic mass is 19.1. The Kier molecular flexibility index (Phi) is 4.16. The van der Waals surface area contributed by atoms with Crippen LogP contribution in [0.25, 0.3) is 0 Å². The van der Waals surface area contributed by atoms with Crippen molar-refractivity contribution in [1.82, 2.24) is 4.57 Å². The molecule has 2 heterocycles. The predicted octanol–water partition coefficient (Wildman–Crippen LogP) is 1.62. The van der Waals surface area contributed by atoms with E-state index in [-0.39, 0.29) is 24.8 Å². The Morgan fingerprint density at radius 1 is 1.25 bits per heavy atom. The van der Waals surface area contributed by atoms with Crippen molar-refractivity contribution in [3.63, 3.8) is 0 Å². The lowest BCUT2D eigenvalue weighted by molar-refractivity contribution is -0.121. The highest BCUT2D eigenvalue weighted by molar-refractivity contribution is 6.01. The highest BCUT2D eigenvalue weighted by Crippen LogP contribution is 2.32. The number of pyridine rings is 1. The Labute approximate surface area is 137 Å². The van der Waals surface area contributed by atoms with E-state index in [4.69, 9.17) is 4.74 Å². The van der Waals surface area contributed by atoms with Crippen molar-refractivity contribution in [2.75, 3.05) is 18.1 Å². The molecule has 0 aliphatic carbocycles. The maximum Gasteiger partial charge on any atom is 0.265 e. The Hall–Kier alpha value is -2.96. The molecule has 7 heteroatoms. The van der Waals surface area contributed by atoms with Crippen LogP contribution in [-0.2, 0) is 11.3 Å². The largest absolute Gasteiger partial charge is 0.482 e. The molecule has 24 heavy (non-hydrogen) atoms. The molecule has 0 fully saturated rings. The van der Waals surface area contributed by atoms with Crippen LogP contribution in [0, 0.1) is 5.82 Å². The van der Waals surface area contributed by atoms with E-state index >= 15 is 0 Å². The quantitative estimate of drug-likeness (QED) is 0.799. The number of carbonyl (C=O) groups is 2. The number of anilines is 1. The molecule has 0 radical (unpaired) electrons. The number of benzene rings is 1. The maximum absolute atomic E-state index is 13.2. The van der Waals surface area contributed by atoms with Crippen LogP contribution in [0.1, 0.15) is 17.3 Å². The molecule has 1 aromatic heterocycles. The van der Waals surface area contributed by atoms with Crippen LogP contribution in [-0.4, -0.2) is 29.4 Å². The van der Waals surface area contributed by atoms with E-state index in [1.54, 1.807) is 18.2 Å². The van der Waals surface area contributed by atoms with E-state index in [1.165, 1.54) is 4.90 Å². The first kappa shape index (κ1) is 15.9. The number of Topliss-reactive ketones (excluding diaryl/α,β-unsaturated/α-hetero) is 1. The Bertz CT molecular complexity index is 875. The van der Waals surface area contributed by atoms with E-state index in [0.717, 1.165) is 22.9 Å². The van der Waals surface area contributed by atoms with Gasteiger partial charge in [0.25, 0.3) is 11.5 Å². The van der Waals surface area contributed by atoms with Crippen LogP contribution in [0.2, 0.25) is 0 Å². The molecule has 0 spiro atoms. The summed E-state index contributed by atoms with van der Waals surface area (Å²) in [4.78, 5) is 37.5. The number of carbonyl (C=O) groups excluding carboxylic acids is 2. The van der Waals surface area contributed by atoms with Crippen molar-refractivity contribution in [2.45, 2.75) is 13.5 Å². The molecule has 3 rings (SSSR count). The molecule has 2 aromatic rings. The number of ether oxygens (including phenoxy) is 1. The molecule has 0 unspecified atom stereocenters. The van der Waals surface area contributed by atoms with Gasteiger partial charge in [-0.25, -0.2) is 4.39 Å². The molecule has 0 N–H and O–H groups in total. The summed E-state index contributed by atoms with van der Waals surface area (Å²) in [5.74, 6) is -0.615. The van der Waals surface area contributed by atoms with Gasteiger partial charge in [-0.1, -0.05) is 0 Å². The van der Waals surface area contributed by atoms with Crippen LogP contribution in [0.3, 0.4) is 0 Å². The number of rotatable bonds is 4. The number of hydrogen-bond donors (Lipinski definition) is 0. The molecular weight excluding hydrogens is 315 g/mol. The van der Waals surface area contributed by atoms with Gasteiger partial charge in [-0.15, -0.1) is 0 Å². The van der Waals surface area contributed by atoms with Gasteiger partial charge < -0.3 is 14.2 Å². The lowest BCUT2D eigenvalue weighted by Crippen LogP contribution is -2.38. The zero-order valence-corrected chi connectivity index (χ0v) is 13.0. The summed E-state index contributed by atoms with van der Waals surface area (Å²) in [6, 6.07) is 6.86. The molecule has 0 saturated heterocycles. The SMILES string of the molecule is CCN1C(=O)COc2ccc(C(=O)Cn3cc(F)ccc3=O)cc21. The minimum Gasteiger partial charge on any atom is -0.482 e. The van der Waals surface area contributed by atoms with Gasteiger partial charge in [0.05, 0.1) is 12.2 Å². The number of halogens is 1. The van der Waals surface area contributed by atoms with E-state index in [1.807, 2.05) is 6.92 Å². The number of hydrogen-bond acceptors (Lipinski definition) is 4. The molecule has 6 nitrogen and oxygen atoms in total. The summed E-state index contributed by atoms with van der Waals surface area (Å²) in [5.41, 5.74) is 0.379. The fraction of sp³-hybridized carbons (Fsp3) is 0.235. The van der Waals surface area contributed by atoms with E-state index in [0.29, 0.717) is 23.5 Å². The van der Waals surface area contributed by atoms with Crippen molar-refractivity contribution in [3.8, 4) is 5.75 Å². The third-order valence-corrected chi connectivity index (χ3v) is 3.80. The van der Waals surface area contributed by atoms with Gasteiger partial charge >= 0.3 is 0 Å². The normalized spacial score (nSPS) is 13.4. The van der Waals surface area contributed by atoms with Gasteiger partial charge in [0.1, 0.15) is 11.6 Å². The fourth-order valence-corrected chi connectivity index (χ4v) is 2.59. The summed E-state index contributed by atoms with van der Waals surface area (Å²) >= 11 is 0. The molecule has 1 amide bonds. The maximum atomic E-state index is 13.2. The zero-order chi connectivity index (χ0) is 17.3. The van der Waals surface area contributed by atoms with Crippen LogP contribution < -0.4 is 15.2 Å². The molecule has 0 bridgehead atoms. The minimum atomic E-state index is -0.594. The van der Waals surface area contributed by atoms with E-state index in [9.17, 15) is 18.8 Å². The number of nitrogens with zero attached hydrogens (tertiary/aromatic N) is 2. The summed E-state index contributed by atoms with van der Waals surface area (Å²) in [5, 5.41) is 0. The number of ketones is 1. The third-order valence-electron chi connectivity index (χ3n) is 3.80. The molecular formula is C17H15FN2O4. The van der Waals surface area contributed by atoms with Crippen LogP contribution in [0.5, 0.6) is 5.75 Å². The highest BCUT2D eigenvalue weighted by Gasteiger charge is 2.25. The van der Waals surface area contributed by atoms with Crippen molar-refractivity contribution in [2.24, 2.45) is 0 Å². The molecule has 0 saturated carbocycles. The Morgan fingerprint density at radius 2 is 2.04 bits per heavy atom. The lowest BCUT2D eigenvalue weighted by Gasteiger charge is -2.28. The average Bonchev–Trinajstić information content (AvgIpc) is 2.57. The average molecular weight is 330 g/mol. The van der Waals surface area contributed by atoms with E-state index < -0.39 is 11.4 Å². The Balaban J connectivity index is 1.91. The zero-order valence-electron chi connectivity index (χ0n) is 13.0. The fourth-order valence-electron chi connectivity index (χ4n) is 2.59. The van der Waals surface area contributed by atoms with Gasteiger partial charge in [0.2, 0.25) is 0 Å². The summed E-state index contributed by atoms with van der Waals surface area (Å²) in [7, 11) is 0. The van der Waals surface area contributed by atoms with Crippen molar-refractivity contribution in [1.29, 1.82) is 0 Å². The van der Waals surface area contributed by atoms with Crippen molar-refractivity contribution >= 4 is 17.4 Å². The second-order valence-corrected chi connectivity index (χ2v) is 5.35. The smallest absolute Gasteiger partial charge is 0.265 e. The molecule has 1 aliphatic heterocycles. The lowest BCUT2D eigenvalue weighted by atomic mass is 10.1. The molecule has 1 aliphatic rings. The van der Waals surface area contributed by atoms with Gasteiger partial charge in [0, 0.05) is 24.4 Å². The summed E-state index contributed by atoms with van der Waals surface area (Å²) < 4.78 is 19.6. The second-order valence-electron chi connectivity index (χ2n) is 5.35. The molecule has 0 atom stereocenters. The minimum absolute atomic E-state index is 0.0349. The van der Waals surface area contributed by atoms with Gasteiger partial charge in [-0.3, -0.25) is 14.4 Å². The first-order valence-corrected chi connectivity index (χ1v) is 7.46. The van der Waals surface area contributed by atoms with Gasteiger partial charge in [0.15, 0.2) is 12.4 Å². The van der Waals surface area contributed by atoms with E-state index in [2.05, 4.69) is 0 Å². The standard InChI is InChI=1S/C17H15FN2O4/c1-2-20-13-7-11(3-5-15(13)24-10-17(20)23)14(21)9-19-8-12(18)4-6-16(19)22/h3-8H,2,9-10H2,1H3. The number of aromatic nitrogens is 1. The monoisotopic (exact) mass is 330 g/mol. The summed E-state index contributed by atoms with van der Waals surface area (Å²) in [6.07, 6.45) is 0.990. The molecule has 124 valence electrons. The summed E-state index contributed by atoms with van der Waals surface area (Å²) in [6.45, 7) is 1.97. The molecule has 1 aromatic carbocycles.